The second kappa shape index (κ2) is 15.5. The van der Waals surface area contributed by atoms with Crippen LogP contribution in [0.3, 0.4) is 0 Å². The average Bonchev–Trinajstić information content (AvgIpc) is 2.74. The van der Waals surface area contributed by atoms with Gasteiger partial charge in [-0.15, -0.1) is 0 Å². The van der Waals surface area contributed by atoms with Crippen LogP contribution < -0.4 is 11.1 Å². The van der Waals surface area contributed by atoms with Crippen LogP contribution in [0.15, 0.2) is 48.7 Å². The van der Waals surface area contributed by atoms with Gasteiger partial charge in [-0.3, -0.25) is 14.6 Å². The predicted molar refractivity (Wildman–Crippen MR) is 115 cm³/mol. The van der Waals surface area contributed by atoms with Crippen molar-refractivity contribution in [2.75, 3.05) is 19.5 Å². The van der Waals surface area contributed by atoms with Gasteiger partial charge in [-0.25, -0.2) is 0 Å². The molecule has 1 aromatic heterocycles. The fourth-order valence-electron chi connectivity index (χ4n) is 2.27. The molecule has 28 heavy (non-hydrogen) atoms. The molecule has 0 saturated carbocycles. The maximum atomic E-state index is 11.8. The van der Waals surface area contributed by atoms with E-state index in [4.69, 9.17) is 4.74 Å². The summed E-state index contributed by atoms with van der Waals surface area (Å²) in [6.45, 7) is 6.39. The first-order chi connectivity index (χ1) is 13.5. The Morgan fingerprint density at radius 1 is 1.21 bits per heavy atom. The molecular weight excluding hydrogens is 354 g/mol. The lowest BCUT2D eigenvalue weighted by molar-refractivity contribution is -0.126. The van der Waals surface area contributed by atoms with E-state index in [0.29, 0.717) is 24.3 Å². The summed E-state index contributed by atoms with van der Waals surface area (Å²) >= 11 is 0. The zero-order valence-corrected chi connectivity index (χ0v) is 17.5. The molecule has 0 aliphatic rings. The van der Waals surface area contributed by atoms with E-state index < -0.39 is 6.10 Å². The SMILES string of the molecule is CC(C)c1ccccc1.CCCC(OC)C(=O)Nc1ccnc(C=O)c1.CN. The minimum Gasteiger partial charge on any atom is -0.372 e. The lowest BCUT2D eigenvalue weighted by atomic mass is 10.0. The molecule has 3 N–H and O–H groups in total. The van der Waals surface area contributed by atoms with Crippen molar-refractivity contribution in [1.82, 2.24) is 4.98 Å². The number of hydrogen-bond acceptors (Lipinski definition) is 5. The van der Waals surface area contributed by atoms with Gasteiger partial charge in [0.15, 0.2) is 6.29 Å². The third-order valence-corrected chi connectivity index (χ3v) is 3.76. The van der Waals surface area contributed by atoms with Crippen molar-refractivity contribution in [1.29, 1.82) is 0 Å². The van der Waals surface area contributed by atoms with Crippen LogP contribution in [0.25, 0.3) is 0 Å². The van der Waals surface area contributed by atoms with Gasteiger partial charge in [0.25, 0.3) is 5.91 Å². The Labute approximate surface area is 168 Å². The van der Waals surface area contributed by atoms with Gasteiger partial charge >= 0.3 is 0 Å². The number of nitrogens with one attached hydrogen (secondary N) is 1. The summed E-state index contributed by atoms with van der Waals surface area (Å²) < 4.78 is 5.08. The second-order valence-electron chi connectivity index (χ2n) is 6.15. The monoisotopic (exact) mass is 387 g/mol. The summed E-state index contributed by atoms with van der Waals surface area (Å²) in [5.41, 5.74) is 6.75. The van der Waals surface area contributed by atoms with Crippen LogP contribution in [0.2, 0.25) is 0 Å². The molecule has 6 nitrogen and oxygen atoms in total. The van der Waals surface area contributed by atoms with E-state index in [0.717, 1.165) is 6.42 Å². The summed E-state index contributed by atoms with van der Waals surface area (Å²) in [5, 5.41) is 2.69. The minimum atomic E-state index is -0.465. The van der Waals surface area contributed by atoms with E-state index >= 15 is 0 Å². The molecule has 1 amide bonds. The number of ether oxygens (including phenoxy) is 1. The highest BCUT2D eigenvalue weighted by atomic mass is 16.5. The highest BCUT2D eigenvalue weighted by Crippen LogP contribution is 2.12. The maximum absolute atomic E-state index is 11.8. The number of nitrogens with zero attached hydrogens (tertiary/aromatic N) is 1. The van der Waals surface area contributed by atoms with Gasteiger partial charge in [-0.05, 0) is 37.1 Å². The molecule has 0 bridgehead atoms. The Kier molecular flexibility index (Phi) is 14.1. The lowest BCUT2D eigenvalue weighted by Gasteiger charge is -2.14. The number of nitrogens with two attached hydrogens (primary N) is 1. The number of anilines is 1. The van der Waals surface area contributed by atoms with Crippen molar-refractivity contribution in [2.45, 2.75) is 45.6 Å². The van der Waals surface area contributed by atoms with Crippen LogP contribution in [-0.2, 0) is 9.53 Å². The fourth-order valence-corrected chi connectivity index (χ4v) is 2.27. The summed E-state index contributed by atoms with van der Waals surface area (Å²) in [5.74, 6) is 0.448. The van der Waals surface area contributed by atoms with Gasteiger partial charge < -0.3 is 15.8 Å². The Bertz CT molecular complexity index is 676. The fraction of sp³-hybridized carbons (Fsp3) is 0.409. The first-order valence-corrected chi connectivity index (χ1v) is 9.39. The number of methoxy groups -OCH3 is 1. The predicted octanol–water partition coefficient (Wildman–Crippen LogP) is 4.03. The van der Waals surface area contributed by atoms with E-state index in [2.05, 4.69) is 54.1 Å². The molecule has 2 rings (SSSR count). The van der Waals surface area contributed by atoms with Crippen molar-refractivity contribution in [3.63, 3.8) is 0 Å². The zero-order valence-electron chi connectivity index (χ0n) is 17.5. The number of pyridine rings is 1. The standard InChI is InChI=1S/C12H16N2O3.C9H12.CH5N/c1-3-4-11(17-2)12(16)14-9-5-6-13-10(7-9)8-15;1-8(2)9-6-4-3-5-7-9;1-2/h5-8,11H,3-4H2,1-2H3,(H,13,14,16);3-8H,1-2H3;2H2,1H3. The smallest absolute Gasteiger partial charge is 0.253 e. The van der Waals surface area contributed by atoms with E-state index in [1.807, 2.05) is 13.0 Å². The molecule has 0 aliphatic heterocycles. The first kappa shape index (κ1) is 25.4. The molecule has 0 aliphatic carbocycles. The van der Waals surface area contributed by atoms with Crippen LogP contribution >= 0.6 is 0 Å². The Morgan fingerprint density at radius 2 is 1.86 bits per heavy atom. The topological polar surface area (TPSA) is 94.3 Å². The van der Waals surface area contributed by atoms with Gasteiger partial charge in [-0.2, -0.15) is 0 Å². The van der Waals surface area contributed by atoms with Crippen LogP contribution in [0.5, 0.6) is 0 Å². The lowest BCUT2D eigenvalue weighted by Crippen LogP contribution is -2.29. The van der Waals surface area contributed by atoms with Crippen molar-refractivity contribution < 1.29 is 14.3 Å². The average molecular weight is 388 g/mol. The van der Waals surface area contributed by atoms with Crippen molar-refractivity contribution >= 4 is 17.9 Å². The molecule has 154 valence electrons. The molecule has 1 aromatic carbocycles. The van der Waals surface area contributed by atoms with Crippen LogP contribution in [0, 0.1) is 0 Å². The van der Waals surface area contributed by atoms with Gasteiger partial charge in [0.1, 0.15) is 11.8 Å². The first-order valence-electron chi connectivity index (χ1n) is 9.39. The van der Waals surface area contributed by atoms with Crippen molar-refractivity contribution in [2.24, 2.45) is 5.73 Å². The minimum absolute atomic E-state index is 0.211. The number of benzene rings is 1. The number of amides is 1. The summed E-state index contributed by atoms with van der Waals surface area (Å²) in [6.07, 6.45) is 3.17. The molecule has 1 atom stereocenters. The molecule has 0 saturated heterocycles. The number of hydrogen-bond donors (Lipinski definition) is 2. The molecule has 1 heterocycles. The van der Waals surface area contributed by atoms with Gasteiger partial charge in [0.05, 0.1) is 0 Å². The second-order valence-corrected chi connectivity index (χ2v) is 6.15. The largest absolute Gasteiger partial charge is 0.372 e. The van der Waals surface area contributed by atoms with Gasteiger partial charge in [-0.1, -0.05) is 57.5 Å². The van der Waals surface area contributed by atoms with E-state index in [1.54, 1.807) is 6.07 Å². The van der Waals surface area contributed by atoms with Crippen LogP contribution in [0.1, 0.15) is 55.6 Å². The highest BCUT2D eigenvalue weighted by molar-refractivity contribution is 5.94. The Balaban J connectivity index is 0.000000556. The van der Waals surface area contributed by atoms with E-state index in [1.165, 1.54) is 32.0 Å². The number of rotatable bonds is 7. The molecule has 6 heteroatoms. The summed E-state index contributed by atoms with van der Waals surface area (Å²) in [7, 11) is 3.00. The summed E-state index contributed by atoms with van der Waals surface area (Å²) in [4.78, 5) is 26.1. The van der Waals surface area contributed by atoms with E-state index in [-0.39, 0.29) is 11.6 Å². The Hall–Kier alpha value is -2.57. The number of carbonyl (C=O) groups excluding carboxylic acids is 2. The van der Waals surface area contributed by atoms with Gasteiger partial charge in [0, 0.05) is 19.0 Å². The number of aromatic nitrogens is 1. The van der Waals surface area contributed by atoms with Crippen molar-refractivity contribution in [3.8, 4) is 0 Å². The molecule has 0 radical (unpaired) electrons. The third-order valence-electron chi connectivity index (χ3n) is 3.76. The molecular formula is C22H33N3O3. The summed E-state index contributed by atoms with van der Waals surface area (Å²) in [6, 6.07) is 13.7. The molecule has 2 aromatic rings. The Morgan fingerprint density at radius 3 is 2.32 bits per heavy atom. The highest BCUT2D eigenvalue weighted by Gasteiger charge is 2.16. The zero-order chi connectivity index (χ0) is 21.4. The van der Waals surface area contributed by atoms with Crippen LogP contribution in [0.4, 0.5) is 5.69 Å². The third kappa shape index (κ3) is 9.94. The quantitative estimate of drug-likeness (QED) is 0.700. The maximum Gasteiger partial charge on any atom is 0.253 e. The molecule has 0 spiro atoms. The van der Waals surface area contributed by atoms with Crippen molar-refractivity contribution in [3.05, 3.63) is 59.9 Å². The van der Waals surface area contributed by atoms with Gasteiger partial charge in [0.2, 0.25) is 0 Å². The number of aldehydes is 1. The molecule has 1 unspecified atom stereocenters. The number of carbonyl (C=O) groups is 2. The normalized spacial score (nSPS) is 10.7. The van der Waals surface area contributed by atoms with E-state index in [9.17, 15) is 9.59 Å². The van der Waals surface area contributed by atoms with Crippen LogP contribution in [-0.4, -0.2) is 37.4 Å². The molecule has 0 fully saturated rings.